The molecule has 2 heterocycles. The van der Waals surface area contributed by atoms with E-state index in [1.165, 1.54) is 22.9 Å². The van der Waals surface area contributed by atoms with Gasteiger partial charge in [-0.3, -0.25) is 14.3 Å². The number of hydrogen-bond acceptors (Lipinski definition) is 5. The predicted molar refractivity (Wildman–Crippen MR) is 107 cm³/mol. The maximum Gasteiger partial charge on any atom is 0.267 e. The Labute approximate surface area is 160 Å². The van der Waals surface area contributed by atoms with Crippen molar-refractivity contribution < 1.29 is 5.11 Å². The first-order valence-corrected chi connectivity index (χ1v) is 8.50. The van der Waals surface area contributed by atoms with Gasteiger partial charge in [-0.25, -0.2) is 4.98 Å². The molecule has 134 valence electrons. The lowest BCUT2D eigenvalue weighted by Crippen LogP contribution is -2.22. The van der Waals surface area contributed by atoms with Crippen LogP contribution in [0.2, 0.25) is 0 Å². The first-order chi connectivity index (χ1) is 13.7. The van der Waals surface area contributed by atoms with Crippen LogP contribution in [0.25, 0.3) is 28.7 Å². The maximum atomic E-state index is 13.1. The Bertz CT molecular complexity index is 1300. The predicted octanol–water partition coefficient (Wildman–Crippen LogP) is 3.53. The zero-order chi connectivity index (χ0) is 19.5. The third-order valence-corrected chi connectivity index (χ3v) is 4.25. The summed E-state index contributed by atoms with van der Waals surface area (Å²) >= 11 is 0. The van der Waals surface area contributed by atoms with E-state index in [2.05, 4.69) is 16.0 Å². The Balaban J connectivity index is 1.90. The summed E-state index contributed by atoms with van der Waals surface area (Å²) in [5.74, 6) is 0.469. The molecule has 2 aromatic carbocycles. The molecule has 28 heavy (non-hydrogen) atoms. The number of benzene rings is 2. The van der Waals surface area contributed by atoms with Crippen molar-refractivity contribution in [2.45, 2.75) is 0 Å². The summed E-state index contributed by atoms with van der Waals surface area (Å²) in [6, 6.07) is 17.3. The van der Waals surface area contributed by atoms with Gasteiger partial charge in [-0.1, -0.05) is 24.3 Å². The molecule has 0 spiro atoms. The molecule has 0 saturated carbocycles. The van der Waals surface area contributed by atoms with Gasteiger partial charge in [0.1, 0.15) is 11.6 Å². The Morgan fingerprint density at radius 1 is 1.07 bits per heavy atom. The molecule has 0 amide bonds. The first-order valence-electron chi connectivity index (χ1n) is 8.50. The van der Waals surface area contributed by atoms with Gasteiger partial charge in [0.05, 0.1) is 28.2 Å². The van der Waals surface area contributed by atoms with Crippen LogP contribution in [0, 0.1) is 11.3 Å². The van der Waals surface area contributed by atoms with E-state index >= 15 is 0 Å². The molecule has 0 unspecified atom stereocenters. The van der Waals surface area contributed by atoms with Crippen LogP contribution in [-0.4, -0.2) is 19.6 Å². The largest absolute Gasteiger partial charge is 0.508 e. The molecule has 1 N–H and O–H groups in total. The normalized spacial score (nSPS) is 11.0. The molecule has 4 aromatic rings. The number of aromatic hydroxyl groups is 1. The van der Waals surface area contributed by atoms with Crippen LogP contribution in [-0.2, 0) is 0 Å². The van der Waals surface area contributed by atoms with Gasteiger partial charge < -0.3 is 5.11 Å². The minimum atomic E-state index is -0.275. The van der Waals surface area contributed by atoms with Gasteiger partial charge in [-0.15, -0.1) is 0 Å². The van der Waals surface area contributed by atoms with E-state index in [1.807, 2.05) is 18.2 Å². The Kier molecular flexibility index (Phi) is 4.40. The summed E-state index contributed by atoms with van der Waals surface area (Å²) in [5, 5.41) is 19.1. The highest BCUT2D eigenvalue weighted by atomic mass is 16.3. The maximum absolute atomic E-state index is 13.1. The summed E-state index contributed by atoms with van der Waals surface area (Å²) in [7, 11) is 0. The number of pyridine rings is 1. The molecule has 4 rings (SSSR count). The molecule has 0 saturated heterocycles. The van der Waals surface area contributed by atoms with Gasteiger partial charge >= 0.3 is 0 Å². The number of phenolic OH excluding ortho intramolecular Hbond substituents is 1. The van der Waals surface area contributed by atoms with Crippen LogP contribution in [0.15, 0.2) is 71.8 Å². The fourth-order valence-corrected chi connectivity index (χ4v) is 2.88. The highest BCUT2D eigenvalue weighted by Crippen LogP contribution is 2.18. The number of rotatable bonds is 3. The van der Waals surface area contributed by atoms with Crippen LogP contribution in [0.1, 0.15) is 17.0 Å². The van der Waals surface area contributed by atoms with Gasteiger partial charge in [0.2, 0.25) is 0 Å². The number of nitriles is 1. The number of aromatic nitrogens is 3. The molecule has 0 aliphatic rings. The standard InChI is InChI=1S/C22H14N4O2/c23-13-16-6-4-15(5-7-16)8-9-21-25-20-10-11-24-14-19(20)22(28)26(21)17-2-1-3-18(27)12-17/h1-12,14,27H/b9-8+. The van der Waals surface area contributed by atoms with E-state index in [4.69, 9.17) is 5.26 Å². The van der Waals surface area contributed by atoms with E-state index in [1.54, 1.807) is 42.6 Å². The number of nitrogens with zero attached hydrogens (tertiary/aromatic N) is 4. The van der Waals surface area contributed by atoms with Crippen molar-refractivity contribution in [2.24, 2.45) is 0 Å². The lowest BCUT2D eigenvalue weighted by atomic mass is 10.1. The molecule has 0 bridgehead atoms. The van der Waals surface area contributed by atoms with E-state index in [0.717, 1.165) is 5.56 Å². The van der Waals surface area contributed by atoms with Crippen molar-refractivity contribution in [2.75, 3.05) is 0 Å². The minimum absolute atomic E-state index is 0.0534. The minimum Gasteiger partial charge on any atom is -0.508 e. The molecule has 0 aliphatic heterocycles. The molecular formula is C22H14N4O2. The number of hydrogen-bond donors (Lipinski definition) is 1. The van der Waals surface area contributed by atoms with Crippen LogP contribution in [0.5, 0.6) is 5.75 Å². The zero-order valence-corrected chi connectivity index (χ0v) is 14.6. The molecule has 2 aromatic heterocycles. The van der Waals surface area contributed by atoms with E-state index in [-0.39, 0.29) is 11.3 Å². The third kappa shape index (κ3) is 3.24. The van der Waals surface area contributed by atoms with Crippen LogP contribution in [0.3, 0.4) is 0 Å². The quantitative estimate of drug-likeness (QED) is 0.599. The first kappa shape index (κ1) is 17.2. The average molecular weight is 366 g/mol. The molecule has 0 aliphatic carbocycles. The van der Waals surface area contributed by atoms with Gasteiger partial charge in [-0.2, -0.15) is 5.26 Å². The van der Waals surface area contributed by atoms with Crippen molar-refractivity contribution in [3.05, 3.63) is 94.3 Å². The SMILES string of the molecule is N#Cc1ccc(/C=C/c2nc3ccncc3c(=O)n2-c2cccc(O)c2)cc1. The second kappa shape index (κ2) is 7.17. The molecule has 0 radical (unpaired) electrons. The van der Waals surface area contributed by atoms with Gasteiger partial charge in [0.25, 0.3) is 5.56 Å². The van der Waals surface area contributed by atoms with Crippen molar-refractivity contribution in [3.8, 4) is 17.5 Å². The van der Waals surface area contributed by atoms with E-state index < -0.39 is 0 Å². The van der Waals surface area contributed by atoms with Crippen molar-refractivity contribution in [1.82, 2.24) is 14.5 Å². The fourth-order valence-electron chi connectivity index (χ4n) is 2.88. The monoisotopic (exact) mass is 366 g/mol. The zero-order valence-electron chi connectivity index (χ0n) is 14.6. The average Bonchev–Trinajstić information content (AvgIpc) is 2.73. The smallest absolute Gasteiger partial charge is 0.267 e. The van der Waals surface area contributed by atoms with Crippen molar-refractivity contribution in [1.29, 1.82) is 5.26 Å². The molecule has 0 fully saturated rings. The lowest BCUT2D eigenvalue weighted by Gasteiger charge is -2.11. The third-order valence-electron chi connectivity index (χ3n) is 4.25. The molecular weight excluding hydrogens is 352 g/mol. The van der Waals surface area contributed by atoms with Crippen LogP contribution >= 0.6 is 0 Å². The van der Waals surface area contributed by atoms with E-state index in [0.29, 0.717) is 28.0 Å². The van der Waals surface area contributed by atoms with Crippen molar-refractivity contribution in [3.63, 3.8) is 0 Å². The summed E-state index contributed by atoms with van der Waals surface area (Å²) in [5.41, 5.74) is 2.21. The lowest BCUT2D eigenvalue weighted by molar-refractivity contribution is 0.475. The Morgan fingerprint density at radius 3 is 2.64 bits per heavy atom. The van der Waals surface area contributed by atoms with Crippen LogP contribution < -0.4 is 5.56 Å². The van der Waals surface area contributed by atoms with Crippen molar-refractivity contribution >= 4 is 23.1 Å². The summed E-state index contributed by atoms with van der Waals surface area (Å²) in [6.07, 6.45) is 6.61. The van der Waals surface area contributed by atoms with Gasteiger partial charge in [0, 0.05) is 18.5 Å². The second-order valence-electron chi connectivity index (χ2n) is 6.09. The Morgan fingerprint density at radius 2 is 1.89 bits per heavy atom. The number of fused-ring (bicyclic) bond motifs is 1. The van der Waals surface area contributed by atoms with Gasteiger partial charge in [0.15, 0.2) is 0 Å². The fraction of sp³-hybridized carbons (Fsp3) is 0. The molecule has 0 atom stereocenters. The summed E-state index contributed by atoms with van der Waals surface area (Å²) in [6.45, 7) is 0. The van der Waals surface area contributed by atoms with Crippen LogP contribution in [0.4, 0.5) is 0 Å². The summed E-state index contributed by atoms with van der Waals surface area (Å²) in [4.78, 5) is 21.7. The second-order valence-corrected chi connectivity index (χ2v) is 6.09. The highest BCUT2D eigenvalue weighted by Gasteiger charge is 2.11. The number of phenols is 1. The Hall–Kier alpha value is -4.24. The highest BCUT2D eigenvalue weighted by molar-refractivity contribution is 5.79. The molecule has 6 nitrogen and oxygen atoms in total. The van der Waals surface area contributed by atoms with Gasteiger partial charge in [-0.05, 0) is 42.0 Å². The van der Waals surface area contributed by atoms with E-state index in [9.17, 15) is 9.90 Å². The summed E-state index contributed by atoms with van der Waals surface area (Å²) < 4.78 is 1.43. The molecule has 6 heteroatoms. The topological polar surface area (TPSA) is 91.8 Å².